The molecule has 0 saturated heterocycles. The van der Waals surface area contributed by atoms with Gasteiger partial charge in [-0.1, -0.05) is 72.8 Å². The molecule has 2 aromatic rings. The Balaban J connectivity index is 1.89. The summed E-state index contributed by atoms with van der Waals surface area (Å²) in [5.74, 6) is 0. The van der Waals surface area contributed by atoms with Crippen LogP contribution in [0.4, 0.5) is 0 Å². The van der Waals surface area contributed by atoms with Crippen LogP contribution in [0.15, 0.2) is 86.0 Å². The maximum atomic E-state index is 5.93. The quantitative estimate of drug-likeness (QED) is 0.418. The molecule has 25 heavy (non-hydrogen) atoms. The first-order valence-electron chi connectivity index (χ1n) is 8.45. The van der Waals surface area contributed by atoms with Crippen molar-refractivity contribution in [3.05, 3.63) is 97.1 Å². The van der Waals surface area contributed by atoms with Crippen molar-refractivity contribution in [2.45, 2.75) is 38.6 Å². The Labute approximate surface area is 150 Å². The Morgan fingerprint density at radius 3 is 1.32 bits per heavy atom. The maximum Gasteiger partial charge on any atom is 0.159 e. The van der Waals surface area contributed by atoms with Gasteiger partial charge >= 0.3 is 0 Å². The Morgan fingerprint density at radius 2 is 1.00 bits per heavy atom. The zero-order valence-electron chi connectivity index (χ0n) is 14.9. The van der Waals surface area contributed by atoms with E-state index >= 15 is 0 Å². The molecule has 0 aliphatic carbocycles. The highest BCUT2D eigenvalue weighted by atomic mass is 16.8. The molecule has 0 N–H and O–H groups in total. The summed E-state index contributed by atoms with van der Waals surface area (Å²) in [5.41, 5.74) is 2.07. The topological polar surface area (TPSA) is 27.7 Å². The molecule has 3 nitrogen and oxygen atoms in total. The highest BCUT2D eigenvalue weighted by molar-refractivity contribution is 5.21. The van der Waals surface area contributed by atoms with E-state index in [1.807, 2.05) is 74.5 Å². The third-order valence-electron chi connectivity index (χ3n) is 3.74. The van der Waals surface area contributed by atoms with Crippen LogP contribution in [0, 0.1) is 0 Å². The minimum atomic E-state index is -0.445. The molecule has 0 aromatic heterocycles. The summed E-state index contributed by atoms with van der Waals surface area (Å²) in [4.78, 5) is 0. The van der Waals surface area contributed by atoms with Crippen LogP contribution in [0.3, 0.4) is 0 Å². The zero-order chi connectivity index (χ0) is 18.1. The van der Waals surface area contributed by atoms with Crippen molar-refractivity contribution in [3.63, 3.8) is 0 Å². The first kappa shape index (κ1) is 19.1. The maximum absolute atomic E-state index is 5.93. The average molecular weight is 338 g/mol. The summed E-state index contributed by atoms with van der Waals surface area (Å²) in [6, 6.07) is 19.8. The van der Waals surface area contributed by atoms with Crippen molar-refractivity contribution in [2.24, 2.45) is 0 Å². The van der Waals surface area contributed by atoms with Crippen LogP contribution in [0.25, 0.3) is 0 Å². The van der Waals surface area contributed by atoms with Gasteiger partial charge in [-0.05, 0) is 25.0 Å². The molecule has 0 radical (unpaired) electrons. The lowest BCUT2D eigenvalue weighted by Crippen LogP contribution is -2.24. The second-order valence-electron chi connectivity index (χ2n) is 5.68. The second-order valence-corrected chi connectivity index (χ2v) is 5.68. The third-order valence-corrected chi connectivity index (χ3v) is 3.74. The SMILES string of the molecule is C=CC(OC(C)OC(C)OC(C=C)c1ccccc1)c1ccccc1. The Bertz CT molecular complexity index is 581. The molecule has 0 aliphatic rings. The summed E-state index contributed by atoms with van der Waals surface area (Å²) in [6.07, 6.45) is 2.17. The van der Waals surface area contributed by atoms with E-state index in [1.54, 1.807) is 12.2 Å². The standard InChI is InChI=1S/C22H26O3/c1-5-21(19-13-9-7-10-14-19)24-17(3)23-18(4)25-22(6-2)20-15-11-8-12-16-20/h5-18,21-22H,1-2H2,3-4H3. The second kappa shape index (κ2) is 9.94. The molecular formula is C22H26O3. The van der Waals surface area contributed by atoms with E-state index in [9.17, 15) is 0 Å². The first-order valence-corrected chi connectivity index (χ1v) is 8.45. The molecule has 0 aliphatic heterocycles. The monoisotopic (exact) mass is 338 g/mol. The largest absolute Gasteiger partial charge is 0.341 e. The van der Waals surface area contributed by atoms with Crippen molar-refractivity contribution in [1.29, 1.82) is 0 Å². The summed E-state index contributed by atoms with van der Waals surface area (Å²) in [6.45, 7) is 11.4. The van der Waals surface area contributed by atoms with Crippen molar-refractivity contribution < 1.29 is 14.2 Å². The van der Waals surface area contributed by atoms with Crippen LogP contribution in [0.5, 0.6) is 0 Å². The lowest BCUT2D eigenvalue weighted by atomic mass is 10.1. The number of hydrogen-bond acceptors (Lipinski definition) is 3. The highest BCUT2D eigenvalue weighted by Crippen LogP contribution is 2.23. The normalized spacial score (nSPS) is 15.8. The molecule has 4 unspecified atom stereocenters. The van der Waals surface area contributed by atoms with Gasteiger partial charge in [-0.25, -0.2) is 0 Å². The Morgan fingerprint density at radius 1 is 0.640 bits per heavy atom. The van der Waals surface area contributed by atoms with E-state index in [-0.39, 0.29) is 12.2 Å². The van der Waals surface area contributed by atoms with Gasteiger partial charge in [-0.15, -0.1) is 13.2 Å². The fourth-order valence-corrected chi connectivity index (χ4v) is 2.57. The summed E-state index contributed by atoms with van der Waals surface area (Å²) in [5, 5.41) is 0. The van der Waals surface area contributed by atoms with Gasteiger partial charge in [0.25, 0.3) is 0 Å². The lowest BCUT2D eigenvalue weighted by Gasteiger charge is -2.26. The van der Waals surface area contributed by atoms with Crippen molar-refractivity contribution in [1.82, 2.24) is 0 Å². The van der Waals surface area contributed by atoms with Crippen LogP contribution >= 0.6 is 0 Å². The highest BCUT2D eigenvalue weighted by Gasteiger charge is 2.18. The van der Waals surface area contributed by atoms with Crippen molar-refractivity contribution in [3.8, 4) is 0 Å². The minimum Gasteiger partial charge on any atom is -0.341 e. The molecule has 4 atom stereocenters. The number of benzene rings is 2. The summed E-state index contributed by atoms with van der Waals surface area (Å²) in [7, 11) is 0. The number of hydrogen-bond donors (Lipinski definition) is 0. The average Bonchev–Trinajstić information content (AvgIpc) is 2.65. The van der Waals surface area contributed by atoms with Gasteiger partial charge < -0.3 is 14.2 Å². The molecular weight excluding hydrogens is 312 g/mol. The van der Waals surface area contributed by atoms with Crippen molar-refractivity contribution in [2.75, 3.05) is 0 Å². The van der Waals surface area contributed by atoms with Gasteiger partial charge in [0.1, 0.15) is 12.2 Å². The first-order chi connectivity index (χ1) is 12.1. The third kappa shape index (κ3) is 5.98. The summed E-state index contributed by atoms with van der Waals surface area (Å²) < 4.78 is 17.7. The Hall–Kier alpha value is -2.20. The molecule has 0 bridgehead atoms. The summed E-state index contributed by atoms with van der Waals surface area (Å²) >= 11 is 0. The molecule has 0 heterocycles. The van der Waals surface area contributed by atoms with Gasteiger partial charge in [-0.2, -0.15) is 0 Å². The molecule has 2 aromatic carbocycles. The Kier molecular flexibility index (Phi) is 7.61. The van der Waals surface area contributed by atoms with Crippen molar-refractivity contribution >= 4 is 0 Å². The van der Waals surface area contributed by atoms with Crippen LogP contribution in [0.1, 0.15) is 37.2 Å². The molecule has 0 amide bonds. The molecule has 0 saturated carbocycles. The van der Waals surface area contributed by atoms with Crippen LogP contribution in [-0.4, -0.2) is 12.6 Å². The van der Waals surface area contributed by atoms with E-state index in [0.29, 0.717) is 0 Å². The van der Waals surface area contributed by atoms with E-state index in [4.69, 9.17) is 14.2 Å². The van der Waals surface area contributed by atoms with Crippen LogP contribution in [0.2, 0.25) is 0 Å². The van der Waals surface area contributed by atoms with Gasteiger partial charge in [0.05, 0.1) is 0 Å². The molecule has 3 heteroatoms. The molecule has 132 valence electrons. The van der Waals surface area contributed by atoms with E-state index in [0.717, 1.165) is 11.1 Å². The number of ether oxygens (including phenoxy) is 3. The van der Waals surface area contributed by atoms with Gasteiger partial charge in [0.2, 0.25) is 0 Å². The number of rotatable bonds is 10. The minimum absolute atomic E-state index is 0.229. The van der Waals surface area contributed by atoms with Crippen LogP contribution < -0.4 is 0 Å². The zero-order valence-corrected chi connectivity index (χ0v) is 14.9. The van der Waals surface area contributed by atoms with Gasteiger partial charge in [-0.3, -0.25) is 0 Å². The predicted octanol–water partition coefficient (Wildman–Crippen LogP) is 5.58. The van der Waals surface area contributed by atoms with E-state index in [1.165, 1.54) is 0 Å². The molecule has 2 rings (SSSR count). The van der Waals surface area contributed by atoms with E-state index in [2.05, 4.69) is 13.2 Å². The van der Waals surface area contributed by atoms with Crippen LogP contribution in [-0.2, 0) is 14.2 Å². The van der Waals surface area contributed by atoms with Gasteiger partial charge in [0.15, 0.2) is 12.6 Å². The van der Waals surface area contributed by atoms with Gasteiger partial charge in [0, 0.05) is 0 Å². The smallest absolute Gasteiger partial charge is 0.159 e. The fourth-order valence-electron chi connectivity index (χ4n) is 2.57. The fraction of sp³-hybridized carbons (Fsp3) is 0.273. The predicted molar refractivity (Wildman–Crippen MR) is 101 cm³/mol. The molecule has 0 spiro atoms. The van der Waals surface area contributed by atoms with E-state index < -0.39 is 12.6 Å². The lowest BCUT2D eigenvalue weighted by molar-refractivity contribution is -0.249. The molecule has 0 fully saturated rings.